The van der Waals surface area contributed by atoms with Crippen molar-refractivity contribution in [3.05, 3.63) is 51.7 Å². The Labute approximate surface area is 132 Å². The van der Waals surface area contributed by atoms with Crippen molar-refractivity contribution < 1.29 is 19.1 Å². The van der Waals surface area contributed by atoms with Gasteiger partial charge >= 0.3 is 5.97 Å². The lowest BCUT2D eigenvalue weighted by Crippen LogP contribution is -2.31. The maximum Gasteiger partial charge on any atom is 0.316 e. The molecular weight excluding hydrogens is 300 g/mol. The summed E-state index contributed by atoms with van der Waals surface area (Å²) < 4.78 is 9.98. The standard InChI is InChI=1S/C17H16O4S/c1-20-11-5-3-10(4-6-11)13-9-14(17(19)21-2)15(18)12-7-8-22-16(12)13/h3-8,13-14H,9H2,1-2H3/t13-,14+/m0/s1. The van der Waals surface area contributed by atoms with E-state index in [0.717, 1.165) is 16.2 Å². The predicted molar refractivity (Wildman–Crippen MR) is 83.6 cm³/mol. The molecule has 0 saturated carbocycles. The third-order valence-electron chi connectivity index (χ3n) is 4.07. The number of thiophene rings is 1. The van der Waals surface area contributed by atoms with Gasteiger partial charge < -0.3 is 9.47 Å². The summed E-state index contributed by atoms with van der Waals surface area (Å²) in [5.74, 6) is -0.498. The summed E-state index contributed by atoms with van der Waals surface area (Å²) in [4.78, 5) is 25.4. The highest BCUT2D eigenvalue weighted by molar-refractivity contribution is 7.10. The van der Waals surface area contributed by atoms with Gasteiger partial charge in [0, 0.05) is 16.4 Å². The Kier molecular flexibility index (Phi) is 3.98. The Morgan fingerprint density at radius 3 is 2.55 bits per heavy atom. The van der Waals surface area contributed by atoms with Crippen molar-refractivity contribution in [1.29, 1.82) is 0 Å². The molecule has 0 spiro atoms. The third-order valence-corrected chi connectivity index (χ3v) is 5.10. The number of methoxy groups -OCH3 is 2. The number of ketones is 1. The molecule has 0 unspecified atom stereocenters. The molecule has 0 amide bonds. The summed E-state index contributed by atoms with van der Waals surface area (Å²) in [6.07, 6.45) is 0.450. The van der Waals surface area contributed by atoms with Crippen LogP contribution in [0.4, 0.5) is 0 Å². The molecule has 5 heteroatoms. The van der Waals surface area contributed by atoms with Crippen LogP contribution in [0, 0.1) is 5.92 Å². The van der Waals surface area contributed by atoms with Crippen molar-refractivity contribution >= 4 is 23.1 Å². The van der Waals surface area contributed by atoms with Crippen LogP contribution in [0.1, 0.15) is 33.1 Å². The van der Waals surface area contributed by atoms with Crippen LogP contribution in [0.5, 0.6) is 5.75 Å². The number of fused-ring (bicyclic) bond motifs is 1. The molecule has 0 saturated heterocycles. The molecular formula is C17H16O4S. The van der Waals surface area contributed by atoms with Crippen LogP contribution in [0.3, 0.4) is 0 Å². The highest BCUT2D eigenvalue weighted by atomic mass is 32.1. The van der Waals surface area contributed by atoms with Crippen LogP contribution in [-0.2, 0) is 9.53 Å². The Morgan fingerprint density at radius 1 is 1.18 bits per heavy atom. The normalized spacial score (nSPS) is 20.4. The average molecular weight is 316 g/mol. The Morgan fingerprint density at radius 2 is 1.91 bits per heavy atom. The molecule has 2 atom stereocenters. The van der Waals surface area contributed by atoms with Gasteiger partial charge in [-0.3, -0.25) is 9.59 Å². The minimum absolute atomic E-state index is 0.0303. The second-order valence-corrected chi connectivity index (χ2v) is 6.15. The van der Waals surface area contributed by atoms with Gasteiger partial charge in [-0.25, -0.2) is 0 Å². The number of benzene rings is 1. The molecule has 0 aliphatic heterocycles. The first-order valence-electron chi connectivity index (χ1n) is 6.99. The van der Waals surface area contributed by atoms with E-state index in [-0.39, 0.29) is 11.7 Å². The molecule has 1 aliphatic rings. The van der Waals surface area contributed by atoms with E-state index in [0.29, 0.717) is 12.0 Å². The highest BCUT2D eigenvalue weighted by Gasteiger charge is 2.39. The predicted octanol–water partition coefficient (Wildman–Crippen LogP) is 3.26. The maximum atomic E-state index is 12.4. The monoisotopic (exact) mass is 316 g/mol. The number of Topliss-reactive ketones (excluding diaryl/α,β-unsaturated/α-hetero) is 1. The van der Waals surface area contributed by atoms with E-state index in [2.05, 4.69) is 0 Å². The zero-order valence-corrected chi connectivity index (χ0v) is 13.2. The molecule has 4 nitrogen and oxygen atoms in total. The van der Waals surface area contributed by atoms with E-state index >= 15 is 0 Å². The van der Waals surface area contributed by atoms with Crippen molar-refractivity contribution in [2.45, 2.75) is 12.3 Å². The SMILES string of the molecule is COC(=O)[C@@H]1C[C@@H](c2ccc(OC)cc2)c2sccc2C1=O. The largest absolute Gasteiger partial charge is 0.497 e. The molecule has 0 fully saturated rings. The lowest BCUT2D eigenvalue weighted by molar-refractivity contribution is -0.144. The van der Waals surface area contributed by atoms with E-state index in [1.165, 1.54) is 7.11 Å². The first-order chi connectivity index (χ1) is 10.7. The minimum atomic E-state index is -0.723. The fraction of sp³-hybridized carbons (Fsp3) is 0.294. The lowest BCUT2D eigenvalue weighted by atomic mass is 9.77. The van der Waals surface area contributed by atoms with Crippen molar-refractivity contribution in [1.82, 2.24) is 0 Å². The van der Waals surface area contributed by atoms with E-state index in [4.69, 9.17) is 9.47 Å². The Balaban J connectivity index is 2.01. The fourth-order valence-corrected chi connectivity index (χ4v) is 3.94. The van der Waals surface area contributed by atoms with Crippen LogP contribution in [0.25, 0.3) is 0 Å². The Hall–Kier alpha value is -2.14. The average Bonchev–Trinajstić information content (AvgIpc) is 3.05. The van der Waals surface area contributed by atoms with E-state index in [9.17, 15) is 9.59 Å². The van der Waals surface area contributed by atoms with Gasteiger partial charge in [-0.15, -0.1) is 11.3 Å². The molecule has 1 heterocycles. The molecule has 1 aromatic carbocycles. The molecule has 0 N–H and O–H groups in total. The highest BCUT2D eigenvalue weighted by Crippen LogP contribution is 2.42. The van der Waals surface area contributed by atoms with E-state index < -0.39 is 11.9 Å². The van der Waals surface area contributed by atoms with Gasteiger partial charge in [0.25, 0.3) is 0 Å². The van der Waals surface area contributed by atoms with Gasteiger partial charge in [-0.2, -0.15) is 0 Å². The van der Waals surface area contributed by atoms with Crippen molar-refractivity contribution in [2.75, 3.05) is 14.2 Å². The van der Waals surface area contributed by atoms with E-state index in [1.54, 1.807) is 24.5 Å². The first-order valence-corrected chi connectivity index (χ1v) is 7.87. The van der Waals surface area contributed by atoms with Gasteiger partial charge in [0.2, 0.25) is 0 Å². The summed E-state index contributed by atoms with van der Waals surface area (Å²) in [6.45, 7) is 0. The quantitative estimate of drug-likeness (QED) is 0.644. The number of esters is 1. The Bertz CT molecular complexity index is 702. The lowest BCUT2D eigenvalue weighted by Gasteiger charge is -2.27. The summed E-state index contributed by atoms with van der Waals surface area (Å²) in [6, 6.07) is 9.56. The zero-order valence-electron chi connectivity index (χ0n) is 12.4. The molecule has 114 valence electrons. The molecule has 2 aromatic rings. The van der Waals surface area contributed by atoms with E-state index in [1.807, 2.05) is 29.6 Å². The van der Waals surface area contributed by atoms with Crippen LogP contribution in [0.15, 0.2) is 35.7 Å². The van der Waals surface area contributed by atoms with Crippen LogP contribution >= 0.6 is 11.3 Å². The molecule has 1 aliphatic carbocycles. The number of carbonyl (C=O) groups excluding carboxylic acids is 2. The molecule has 22 heavy (non-hydrogen) atoms. The fourth-order valence-electron chi connectivity index (χ4n) is 2.90. The topological polar surface area (TPSA) is 52.6 Å². The summed E-state index contributed by atoms with van der Waals surface area (Å²) in [5, 5.41) is 1.90. The summed E-state index contributed by atoms with van der Waals surface area (Å²) >= 11 is 1.56. The second kappa shape index (κ2) is 5.93. The second-order valence-electron chi connectivity index (χ2n) is 5.20. The van der Waals surface area contributed by atoms with Gasteiger partial charge in [0.15, 0.2) is 5.78 Å². The van der Waals surface area contributed by atoms with Gasteiger partial charge in [0.1, 0.15) is 11.7 Å². The van der Waals surface area contributed by atoms with Crippen LogP contribution in [0.2, 0.25) is 0 Å². The van der Waals surface area contributed by atoms with Gasteiger partial charge in [-0.1, -0.05) is 12.1 Å². The van der Waals surface area contributed by atoms with Crippen molar-refractivity contribution in [3.8, 4) is 5.75 Å². The number of hydrogen-bond acceptors (Lipinski definition) is 5. The summed E-state index contributed by atoms with van der Waals surface area (Å²) in [5.41, 5.74) is 1.72. The van der Waals surface area contributed by atoms with Crippen molar-refractivity contribution in [2.24, 2.45) is 5.92 Å². The molecule has 0 bridgehead atoms. The smallest absolute Gasteiger partial charge is 0.316 e. The van der Waals surface area contributed by atoms with Crippen LogP contribution in [-0.4, -0.2) is 26.0 Å². The van der Waals surface area contributed by atoms with Gasteiger partial charge in [0.05, 0.1) is 14.2 Å². The minimum Gasteiger partial charge on any atom is -0.497 e. The number of carbonyl (C=O) groups is 2. The molecule has 0 radical (unpaired) electrons. The zero-order chi connectivity index (χ0) is 15.7. The van der Waals surface area contributed by atoms with Gasteiger partial charge in [-0.05, 0) is 35.6 Å². The summed E-state index contributed by atoms with van der Waals surface area (Å²) in [7, 11) is 2.94. The maximum absolute atomic E-state index is 12.4. The molecule has 3 rings (SSSR count). The number of hydrogen-bond donors (Lipinski definition) is 0. The van der Waals surface area contributed by atoms with Crippen molar-refractivity contribution in [3.63, 3.8) is 0 Å². The first kappa shape index (κ1) is 14.8. The molecule has 1 aromatic heterocycles. The number of ether oxygens (including phenoxy) is 2. The third kappa shape index (κ3) is 2.41. The van der Waals surface area contributed by atoms with Crippen LogP contribution < -0.4 is 4.74 Å². The number of rotatable bonds is 3.